The highest BCUT2D eigenvalue weighted by molar-refractivity contribution is 5.89. The van der Waals surface area contributed by atoms with Gasteiger partial charge in [0.1, 0.15) is 37.6 Å². The second-order valence-corrected chi connectivity index (χ2v) is 14.1. The predicted octanol–water partition coefficient (Wildman–Crippen LogP) is 7.02. The average molecular weight is 794 g/mol. The second kappa shape index (κ2) is 20.7. The zero-order valence-corrected chi connectivity index (χ0v) is 32.5. The molecular formula is C44H47N3O11. The number of azide groups is 1. The zero-order chi connectivity index (χ0) is 40.9. The van der Waals surface area contributed by atoms with E-state index in [-0.39, 0.29) is 26.4 Å². The van der Waals surface area contributed by atoms with Crippen molar-refractivity contribution in [3.63, 3.8) is 0 Å². The summed E-state index contributed by atoms with van der Waals surface area (Å²) in [5.41, 5.74) is 12.3. The van der Waals surface area contributed by atoms with Crippen molar-refractivity contribution in [2.75, 3.05) is 13.2 Å². The molecule has 10 atom stereocenters. The molecule has 0 aliphatic carbocycles. The molecule has 4 aromatic carbocycles. The van der Waals surface area contributed by atoms with Crippen molar-refractivity contribution in [3.8, 4) is 0 Å². The molecule has 14 nitrogen and oxygen atoms in total. The van der Waals surface area contributed by atoms with Crippen molar-refractivity contribution in [1.82, 2.24) is 0 Å². The summed E-state index contributed by atoms with van der Waals surface area (Å²) in [4.78, 5) is 42.0. The van der Waals surface area contributed by atoms with Crippen LogP contribution < -0.4 is 0 Å². The third-order valence-electron chi connectivity index (χ3n) is 10.0. The number of carbonyl (C=O) groups excluding carboxylic acids is 3. The summed E-state index contributed by atoms with van der Waals surface area (Å²) in [6, 6.07) is 34.9. The summed E-state index contributed by atoms with van der Waals surface area (Å²) >= 11 is 0. The Hall–Kier alpha value is -5.60. The zero-order valence-electron chi connectivity index (χ0n) is 32.5. The molecule has 2 heterocycles. The van der Waals surface area contributed by atoms with Crippen molar-refractivity contribution in [3.05, 3.63) is 154 Å². The van der Waals surface area contributed by atoms with E-state index in [9.17, 15) is 19.9 Å². The van der Waals surface area contributed by atoms with Crippen molar-refractivity contribution in [2.45, 2.75) is 89.0 Å². The molecule has 6 unspecified atom stereocenters. The van der Waals surface area contributed by atoms with Crippen LogP contribution in [0.15, 0.2) is 126 Å². The number of benzene rings is 4. The van der Waals surface area contributed by atoms with E-state index >= 15 is 0 Å². The molecule has 0 saturated carbocycles. The molecule has 14 heteroatoms. The Morgan fingerprint density at radius 2 is 1.16 bits per heavy atom. The highest BCUT2D eigenvalue weighted by atomic mass is 16.7. The number of rotatable bonds is 16. The molecule has 304 valence electrons. The molecule has 2 saturated heterocycles. The van der Waals surface area contributed by atoms with Crippen molar-refractivity contribution >= 4 is 17.9 Å². The van der Waals surface area contributed by atoms with E-state index in [1.165, 1.54) is 6.92 Å². The van der Waals surface area contributed by atoms with E-state index in [0.717, 1.165) is 11.1 Å². The molecule has 6 rings (SSSR count). The second-order valence-electron chi connectivity index (χ2n) is 14.1. The van der Waals surface area contributed by atoms with E-state index in [4.69, 9.17) is 37.9 Å². The van der Waals surface area contributed by atoms with Gasteiger partial charge in [0.25, 0.3) is 0 Å². The molecule has 2 fully saturated rings. The molecular weight excluding hydrogens is 746 g/mol. The number of carbonyl (C=O) groups is 3. The smallest absolute Gasteiger partial charge is 0.338 e. The van der Waals surface area contributed by atoms with Crippen LogP contribution in [0, 0.1) is 5.92 Å². The van der Waals surface area contributed by atoms with Crippen LogP contribution in [-0.2, 0) is 55.9 Å². The standard InChI is InChI=1S/C44H47N3O11/c1-28-35(26-54-42(49)33-20-12-6-13-21-33)56-44(37(46-47-45)38(28)52-24-31-16-8-4-9-17-31)58-40-36(27-51-30(3)48)55-29(2)39(57-43(50)34-22-14-7-15-23-34)41(40)53-25-32-18-10-5-11-19-32/h4-23,28-29,35-41,44H,24-27H2,1-3H3/t28?,29?,35?,36-,37-,38+,39?,40+,41?,44?/m0/s1. The third kappa shape index (κ3) is 11.1. The van der Waals surface area contributed by atoms with Gasteiger partial charge in [0, 0.05) is 17.8 Å². The van der Waals surface area contributed by atoms with Crippen LogP contribution in [-0.4, -0.2) is 86.2 Å². The molecule has 2 aliphatic heterocycles. The topological polar surface area (TPSA) is 174 Å². The van der Waals surface area contributed by atoms with Gasteiger partial charge < -0.3 is 37.9 Å². The highest BCUT2D eigenvalue weighted by Crippen LogP contribution is 2.37. The summed E-state index contributed by atoms with van der Waals surface area (Å²) in [5, 5.41) is 4.14. The fraction of sp³-hybridized carbons (Fsp3) is 0.386. The van der Waals surface area contributed by atoms with Gasteiger partial charge in [0.05, 0.1) is 42.7 Å². The van der Waals surface area contributed by atoms with Crippen LogP contribution >= 0.6 is 0 Å². The van der Waals surface area contributed by atoms with Crippen molar-refractivity contribution < 1.29 is 52.3 Å². The molecule has 0 spiro atoms. The number of ether oxygens (including phenoxy) is 8. The van der Waals surface area contributed by atoms with Gasteiger partial charge in [-0.05, 0) is 47.8 Å². The summed E-state index contributed by atoms with van der Waals surface area (Å²) in [6.45, 7) is 4.66. The Balaban J connectivity index is 1.35. The predicted molar refractivity (Wildman–Crippen MR) is 209 cm³/mol. The number of hydrogen-bond donors (Lipinski definition) is 0. The maximum absolute atomic E-state index is 13.6. The fourth-order valence-electron chi connectivity index (χ4n) is 7.00. The summed E-state index contributed by atoms with van der Waals surface area (Å²) < 4.78 is 50.2. The van der Waals surface area contributed by atoms with Crippen molar-refractivity contribution in [2.24, 2.45) is 11.0 Å². The van der Waals surface area contributed by atoms with Gasteiger partial charge in [-0.2, -0.15) is 0 Å². The van der Waals surface area contributed by atoms with E-state index < -0.39 is 78.9 Å². The van der Waals surface area contributed by atoms with E-state index in [1.807, 2.05) is 67.6 Å². The van der Waals surface area contributed by atoms with Crippen LogP contribution in [0.5, 0.6) is 0 Å². The SMILES string of the molecule is CC(=O)OC[C@@H]1OC(C)C(OC(=O)c2ccccc2)C(OCc2ccccc2)[C@@H]1OC1OC(COC(=O)c2ccccc2)C(C)[C@@H](OCc2ccccc2)[C@@H]1N=[N+]=[N-]. The average Bonchev–Trinajstić information content (AvgIpc) is 3.25. The van der Waals surface area contributed by atoms with Gasteiger partial charge in [0.15, 0.2) is 12.4 Å². The molecule has 0 N–H and O–H groups in total. The van der Waals surface area contributed by atoms with Gasteiger partial charge in [-0.15, -0.1) is 0 Å². The van der Waals surface area contributed by atoms with E-state index in [0.29, 0.717) is 11.1 Å². The Bertz CT molecular complexity index is 1970. The first kappa shape index (κ1) is 42.0. The molecule has 4 aromatic rings. The third-order valence-corrected chi connectivity index (χ3v) is 10.0. The first-order valence-corrected chi connectivity index (χ1v) is 19.1. The molecule has 0 radical (unpaired) electrons. The molecule has 58 heavy (non-hydrogen) atoms. The first-order chi connectivity index (χ1) is 28.2. The van der Waals surface area contributed by atoms with Crippen LogP contribution in [0.4, 0.5) is 0 Å². The van der Waals surface area contributed by atoms with Crippen LogP contribution in [0.25, 0.3) is 10.4 Å². The Morgan fingerprint density at radius 1 is 0.638 bits per heavy atom. The first-order valence-electron chi connectivity index (χ1n) is 19.1. The van der Waals surface area contributed by atoms with Gasteiger partial charge >= 0.3 is 17.9 Å². The Labute approximate surface area is 336 Å². The quantitative estimate of drug-likeness (QED) is 0.0375. The number of esters is 3. The van der Waals surface area contributed by atoms with Crippen LogP contribution in [0.1, 0.15) is 52.6 Å². The summed E-state index contributed by atoms with van der Waals surface area (Å²) in [7, 11) is 0. The lowest BCUT2D eigenvalue weighted by molar-refractivity contribution is -0.321. The highest BCUT2D eigenvalue weighted by Gasteiger charge is 2.53. The lowest BCUT2D eigenvalue weighted by Crippen LogP contribution is -2.64. The van der Waals surface area contributed by atoms with E-state index in [1.54, 1.807) is 67.6 Å². The minimum absolute atomic E-state index is 0.0843. The summed E-state index contributed by atoms with van der Waals surface area (Å²) in [5.74, 6) is -2.21. The monoisotopic (exact) mass is 793 g/mol. The van der Waals surface area contributed by atoms with Crippen LogP contribution in [0.3, 0.4) is 0 Å². The molecule has 0 bridgehead atoms. The fourth-order valence-corrected chi connectivity index (χ4v) is 7.00. The Morgan fingerprint density at radius 3 is 1.71 bits per heavy atom. The normalized spacial score (nSPS) is 26.7. The minimum atomic E-state index is -1.34. The molecule has 2 aliphatic rings. The Kier molecular flexibility index (Phi) is 15.0. The summed E-state index contributed by atoms with van der Waals surface area (Å²) in [6.07, 6.45) is -7.92. The van der Waals surface area contributed by atoms with Gasteiger partial charge in [-0.1, -0.05) is 109 Å². The molecule has 0 aromatic heterocycles. The van der Waals surface area contributed by atoms with Crippen LogP contribution in [0.2, 0.25) is 0 Å². The van der Waals surface area contributed by atoms with Gasteiger partial charge in [-0.25, -0.2) is 9.59 Å². The maximum Gasteiger partial charge on any atom is 0.338 e. The van der Waals surface area contributed by atoms with Gasteiger partial charge in [0.2, 0.25) is 0 Å². The lowest BCUT2D eigenvalue weighted by Gasteiger charge is -2.49. The maximum atomic E-state index is 13.6. The number of hydrogen-bond acceptors (Lipinski definition) is 12. The number of nitrogens with zero attached hydrogens (tertiary/aromatic N) is 3. The lowest BCUT2D eigenvalue weighted by atomic mass is 9.89. The molecule has 0 amide bonds. The van der Waals surface area contributed by atoms with Crippen molar-refractivity contribution in [1.29, 1.82) is 0 Å². The van der Waals surface area contributed by atoms with E-state index in [2.05, 4.69) is 10.0 Å². The minimum Gasteiger partial charge on any atom is -0.463 e. The van der Waals surface area contributed by atoms with Gasteiger partial charge in [-0.3, -0.25) is 4.79 Å². The largest absolute Gasteiger partial charge is 0.463 e.